The summed E-state index contributed by atoms with van der Waals surface area (Å²) in [5, 5.41) is 3.63. The fourth-order valence-corrected chi connectivity index (χ4v) is 4.11. The number of methoxy groups -OCH3 is 1. The summed E-state index contributed by atoms with van der Waals surface area (Å²) in [5.74, 6) is 2.38. The normalized spacial score (nSPS) is 21.0. The molecule has 1 atom stereocenters. The first-order valence-corrected chi connectivity index (χ1v) is 9.59. The Morgan fingerprint density at radius 3 is 2.61 bits per heavy atom. The van der Waals surface area contributed by atoms with Gasteiger partial charge in [0.2, 0.25) is 0 Å². The monoisotopic (exact) mass is 346 g/mol. The standard InChI is InChI=1S/C17H34N2O3S/c1-16(2,3)22-15(20)19(10-11-21-6)9-8-18-14-13-23-12-7-17(14,4)5/h14,18H,7-13H2,1-6H3. The summed E-state index contributed by atoms with van der Waals surface area (Å²) in [7, 11) is 1.65. The van der Waals surface area contributed by atoms with Crippen molar-refractivity contribution in [3.8, 4) is 0 Å². The Labute approximate surface area is 145 Å². The SMILES string of the molecule is COCCN(CCNC1CSCCC1(C)C)C(=O)OC(C)(C)C. The van der Waals surface area contributed by atoms with E-state index < -0.39 is 5.60 Å². The molecular formula is C17H34N2O3S. The zero-order valence-corrected chi connectivity index (χ0v) is 16.4. The predicted octanol–water partition coefficient (Wildman–Crippen LogP) is 2.99. The summed E-state index contributed by atoms with van der Waals surface area (Å²) in [6, 6.07) is 0.490. The molecule has 1 heterocycles. The van der Waals surface area contributed by atoms with E-state index in [4.69, 9.17) is 9.47 Å². The summed E-state index contributed by atoms with van der Waals surface area (Å²) >= 11 is 2.00. The molecule has 0 aromatic rings. The van der Waals surface area contributed by atoms with E-state index in [0.717, 1.165) is 12.3 Å². The molecule has 0 aromatic carbocycles. The van der Waals surface area contributed by atoms with Gasteiger partial charge in [-0.25, -0.2) is 4.79 Å². The highest BCUT2D eigenvalue weighted by atomic mass is 32.2. The molecule has 136 valence electrons. The summed E-state index contributed by atoms with van der Waals surface area (Å²) in [6.07, 6.45) is 0.961. The van der Waals surface area contributed by atoms with E-state index in [1.54, 1.807) is 12.0 Å². The number of nitrogens with one attached hydrogen (secondary N) is 1. The third-order valence-corrected chi connectivity index (χ3v) is 5.17. The zero-order chi connectivity index (χ0) is 17.5. The van der Waals surface area contributed by atoms with E-state index in [0.29, 0.717) is 31.2 Å². The lowest BCUT2D eigenvalue weighted by atomic mass is 9.82. The number of ether oxygens (including phenoxy) is 2. The van der Waals surface area contributed by atoms with Gasteiger partial charge in [-0.05, 0) is 38.4 Å². The average molecular weight is 347 g/mol. The van der Waals surface area contributed by atoms with Crippen LogP contribution in [0.1, 0.15) is 41.0 Å². The molecule has 6 heteroatoms. The Balaban J connectivity index is 2.48. The molecule has 0 aliphatic carbocycles. The zero-order valence-electron chi connectivity index (χ0n) is 15.6. The molecule has 5 nitrogen and oxygen atoms in total. The summed E-state index contributed by atoms with van der Waals surface area (Å²) in [4.78, 5) is 14.0. The maximum absolute atomic E-state index is 12.3. The van der Waals surface area contributed by atoms with Gasteiger partial charge in [-0.3, -0.25) is 0 Å². The van der Waals surface area contributed by atoms with Gasteiger partial charge >= 0.3 is 6.09 Å². The van der Waals surface area contributed by atoms with Crippen LogP contribution in [-0.4, -0.2) is 67.5 Å². The molecule has 1 N–H and O–H groups in total. The molecule has 1 unspecified atom stereocenters. The highest BCUT2D eigenvalue weighted by Crippen LogP contribution is 2.33. The van der Waals surface area contributed by atoms with Crippen LogP contribution in [0.5, 0.6) is 0 Å². The molecule has 0 spiro atoms. The van der Waals surface area contributed by atoms with Crippen molar-refractivity contribution in [2.45, 2.75) is 52.7 Å². The van der Waals surface area contributed by atoms with Crippen LogP contribution in [0.15, 0.2) is 0 Å². The second kappa shape index (κ2) is 9.14. The van der Waals surface area contributed by atoms with Crippen molar-refractivity contribution in [1.29, 1.82) is 0 Å². The van der Waals surface area contributed by atoms with Crippen LogP contribution in [0.2, 0.25) is 0 Å². The predicted molar refractivity (Wildman–Crippen MR) is 97.2 cm³/mol. The molecule has 23 heavy (non-hydrogen) atoms. The van der Waals surface area contributed by atoms with E-state index in [1.165, 1.54) is 12.2 Å². The largest absolute Gasteiger partial charge is 0.444 e. The Morgan fingerprint density at radius 2 is 2.04 bits per heavy atom. The van der Waals surface area contributed by atoms with E-state index in [-0.39, 0.29) is 6.09 Å². The fourth-order valence-electron chi connectivity index (χ4n) is 2.47. The van der Waals surface area contributed by atoms with Gasteiger partial charge in [0, 0.05) is 38.5 Å². The maximum Gasteiger partial charge on any atom is 0.410 e. The topological polar surface area (TPSA) is 50.8 Å². The summed E-state index contributed by atoms with van der Waals surface area (Å²) in [6.45, 7) is 12.8. The lowest BCUT2D eigenvalue weighted by Crippen LogP contribution is -2.50. The highest BCUT2D eigenvalue weighted by Gasteiger charge is 2.32. The number of thioether (sulfide) groups is 1. The van der Waals surface area contributed by atoms with Crippen LogP contribution < -0.4 is 5.32 Å². The van der Waals surface area contributed by atoms with Crippen LogP contribution in [0.3, 0.4) is 0 Å². The first-order valence-electron chi connectivity index (χ1n) is 8.44. The Hall–Kier alpha value is -0.460. The summed E-state index contributed by atoms with van der Waals surface area (Å²) in [5.41, 5.74) is -0.160. The molecule has 1 saturated heterocycles. The molecule has 1 aliphatic rings. The quantitative estimate of drug-likeness (QED) is 0.768. The van der Waals surface area contributed by atoms with Crippen molar-refractivity contribution in [3.63, 3.8) is 0 Å². The number of hydrogen-bond donors (Lipinski definition) is 1. The van der Waals surface area contributed by atoms with Crippen LogP contribution in [-0.2, 0) is 9.47 Å². The smallest absolute Gasteiger partial charge is 0.410 e. The lowest BCUT2D eigenvalue weighted by Gasteiger charge is -2.39. The van der Waals surface area contributed by atoms with Crippen molar-refractivity contribution >= 4 is 17.9 Å². The second-order valence-corrected chi connectivity index (χ2v) is 8.93. The van der Waals surface area contributed by atoms with Crippen molar-refractivity contribution in [1.82, 2.24) is 10.2 Å². The molecule has 0 radical (unpaired) electrons. The number of carbonyl (C=O) groups excluding carboxylic acids is 1. The fraction of sp³-hybridized carbons (Fsp3) is 0.941. The number of nitrogens with zero attached hydrogens (tertiary/aromatic N) is 1. The van der Waals surface area contributed by atoms with E-state index >= 15 is 0 Å². The van der Waals surface area contributed by atoms with Crippen LogP contribution in [0.4, 0.5) is 4.79 Å². The van der Waals surface area contributed by atoms with Crippen molar-refractivity contribution < 1.29 is 14.3 Å². The van der Waals surface area contributed by atoms with Gasteiger partial charge in [0.05, 0.1) is 6.61 Å². The first kappa shape index (κ1) is 20.6. The van der Waals surface area contributed by atoms with Gasteiger partial charge in [0.1, 0.15) is 5.60 Å². The molecule has 0 bridgehead atoms. The molecule has 1 fully saturated rings. The second-order valence-electron chi connectivity index (χ2n) is 7.78. The molecule has 1 amide bonds. The third kappa shape index (κ3) is 7.77. The van der Waals surface area contributed by atoms with Crippen molar-refractivity contribution in [3.05, 3.63) is 0 Å². The van der Waals surface area contributed by atoms with E-state index in [2.05, 4.69) is 19.2 Å². The molecule has 1 aliphatic heterocycles. The molecule has 0 aromatic heterocycles. The van der Waals surface area contributed by atoms with E-state index in [9.17, 15) is 4.79 Å². The first-order chi connectivity index (χ1) is 10.7. The number of amides is 1. The molecule has 0 saturated carbocycles. The summed E-state index contributed by atoms with van der Waals surface area (Å²) < 4.78 is 10.6. The molecule has 1 rings (SSSR count). The molecular weight excluding hydrogens is 312 g/mol. The number of hydrogen-bond acceptors (Lipinski definition) is 5. The number of rotatable bonds is 7. The Morgan fingerprint density at radius 1 is 1.35 bits per heavy atom. The van der Waals surface area contributed by atoms with Crippen LogP contribution in [0, 0.1) is 5.41 Å². The highest BCUT2D eigenvalue weighted by molar-refractivity contribution is 7.99. The van der Waals surface area contributed by atoms with Gasteiger partial charge < -0.3 is 19.7 Å². The van der Waals surface area contributed by atoms with Gasteiger partial charge in [0.25, 0.3) is 0 Å². The minimum absolute atomic E-state index is 0.270. The Kier molecular flexibility index (Phi) is 8.18. The van der Waals surface area contributed by atoms with Gasteiger partial charge in [-0.2, -0.15) is 11.8 Å². The van der Waals surface area contributed by atoms with Gasteiger partial charge in [0.15, 0.2) is 0 Å². The minimum Gasteiger partial charge on any atom is -0.444 e. The van der Waals surface area contributed by atoms with Crippen molar-refractivity contribution in [2.75, 3.05) is 44.9 Å². The number of carbonyl (C=O) groups is 1. The van der Waals surface area contributed by atoms with Crippen LogP contribution >= 0.6 is 11.8 Å². The van der Waals surface area contributed by atoms with Crippen LogP contribution in [0.25, 0.3) is 0 Å². The maximum atomic E-state index is 12.3. The van der Waals surface area contributed by atoms with E-state index in [1.807, 2.05) is 32.5 Å². The third-order valence-electron chi connectivity index (χ3n) is 4.11. The van der Waals surface area contributed by atoms with Gasteiger partial charge in [-0.15, -0.1) is 0 Å². The van der Waals surface area contributed by atoms with Gasteiger partial charge in [-0.1, -0.05) is 13.8 Å². The minimum atomic E-state index is -0.474. The average Bonchev–Trinajstić information content (AvgIpc) is 2.41. The lowest BCUT2D eigenvalue weighted by molar-refractivity contribution is 0.0201. The van der Waals surface area contributed by atoms with Crippen molar-refractivity contribution in [2.24, 2.45) is 5.41 Å². The Bertz CT molecular complexity index is 369.